The van der Waals surface area contributed by atoms with Crippen LogP contribution < -0.4 is 5.73 Å². The van der Waals surface area contributed by atoms with Gasteiger partial charge in [-0.3, -0.25) is 4.79 Å². The number of hydrogen-bond donors (Lipinski definition) is 1. The van der Waals surface area contributed by atoms with Crippen LogP contribution in [0.5, 0.6) is 0 Å². The molecule has 0 spiro atoms. The van der Waals surface area contributed by atoms with Crippen molar-refractivity contribution in [1.82, 2.24) is 9.88 Å². The fourth-order valence-electron chi connectivity index (χ4n) is 1.94. The van der Waals surface area contributed by atoms with Crippen molar-refractivity contribution >= 4 is 34.5 Å². The molecule has 1 unspecified atom stereocenters. The van der Waals surface area contributed by atoms with Crippen LogP contribution in [0.4, 0.5) is 0 Å². The van der Waals surface area contributed by atoms with E-state index in [1.165, 1.54) is 11.3 Å². The zero-order valence-electron chi connectivity index (χ0n) is 8.97. The molecular formula is C10H13N3OS2. The van der Waals surface area contributed by atoms with Crippen LogP contribution in [0.15, 0.2) is 5.51 Å². The Kier molecular flexibility index (Phi) is 3.20. The predicted octanol–water partition coefficient (Wildman–Crippen LogP) is 1.34. The normalized spacial score (nSPS) is 20.1. The third kappa shape index (κ3) is 1.94. The van der Waals surface area contributed by atoms with Crippen LogP contribution >= 0.6 is 23.6 Å². The van der Waals surface area contributed by atoms with Gasteiger partial charge in [-0.15, -0.1) is 11.3 Å². The Hall–Kier alpha value is -1.01. The molecule has 1 atom stereocenters. The van der Waals surface area contributed by atoms with Crippen molar-refractivity contribution in [1.29, 1.82) is 0 Å². The van der Waals surface area contributed by atoms with E-state index in [0.29, 0.717) is 9.87 Å². The lowest BCUT2D eigenvalue weighted by atomic mass is 10.2. The van der Waals surface area contributed by atoms with E-state index in [1.54, 1.807) is 10.4 Å². The van der Waals surface area contributed by atoms with Gasteiger partial charge in [0.15, 0.2) is 0 Å². The minimum Gasteiger partial charge on any atom is -0.392 e. The van der Waals surface area contributed by atoms with Crippen LogP contribution in [0, 0.1) is 6.92 Å². The van der Waals surface area contributed by atoms with Gasteiger partial charge in [-0.25, -0.2) is 4.98 Å². The van der Waals surface area contributed by atoms with Gasteiger partial charge in [0.05, 0.1) is 22.2 Å². The van der Waals surface area contributed by atoms with Crippen molar-refractivity contribution in [3.63, 3.8) is 0 Å². The van der Waals surface area contributed by atoms with Gasteiger partial charge in [-0.05, 0) is 19.8 Å². The summed E-state index contributed by atoms with van der Waals surface area (Å²) in [5, 5.41) is 0. The van der Waals surface area contributed by atoms with Crippen molar-refractivity contribution in [2.45, 2.75) is 25.8 Å². The first-order chi connectivity index (χ1) is 7.61. The highest BCUT2D eigenvalue weighted by Crippen LogP contribution is 2.23. The molecule has 1 aromatic rings. The van der Waals surface area contributed by atoms with Crippen molar-refractivity contribution in [2.75, 3.05) is 6.54 Å². The first kappa shape index (κ1) is 11.5. The Morgan fingerprint density at radius 3 is 3.06 bits per heavy atom. The number of nitrogens with two attached hydrogens (primary N) is 1. The lowest BCUT2D eigenvalue weighted by Crippen LogP contribution is -2.42. The molecule has 16 heavy (non-hydrogen) atoms. The number of likely N-dealkylation sites (tertiary alicyclic amines) is 1. The summed E-state index contributed by atoms with van der Waals surface area (Å²) >= 11 is 6.36. The molecule has 2 rings (SSSR count). The number of hydrogen-bond acceptors (Lipinski definition) is 4. The fourth-order valence-corrected chi connectivity index (χ4v) is 2.95. The maximum atomic E-state index is 12.2. The van der Waals surface area contributed by atoms with Crippen LogP contribution in [0.2, 0.25) is 0 Å². The summed E-state index contributed by atoms with van der Waals surface area (Å²) in [6.45, 7) is 2.58. The highest BCUT2D eigenvalue weighted by atomic mass is 32.1. The highest BCUT2D eigenvalue weighted by molar-refractivity contribution is 7.80. The van der Waals surface area contributed by atoms with E-state index in [1.807, 2.05) is 6.92 Å². The van der Waals surface area contributed by atoms with Crippen LogP contribution in [0.3, 0.4) is 0 Å². The molecule has 0 saturated carbocycles. The Morgan fingerprint density at radius 2 is 2.50 bits per heavy atom. The third-order valence-corrected chi connectivity index (χ3v) is 3.97. The molecular weight excluding hydrogens is 242 g/mol. The molecule has 1 amide bonds. The molecule has 1 aliphatic heterocycles. The Bertz CT molecular complexity index is 429. The van der Waals surface area contributed by atoms with E-state index in [9.17, 15) is 4.79 Å². The summed E-state index contributed by atoms with van der Waals surface area (Å²) in [6.07, 6.45) is 1.84. The van der Waals surface area contributed by atoms with E-state index in [4.69, 9.17) is 18.0 Å². The fraction of sp³-hybridized carbons (Fsp3) is 0.500. The highest BCUT2D eigenvalue weighted by Gasteiger charge is 2.32. The minimum absolute atomic E-state index is 0.00954. The maximum Gasteiger partial charge on any atom is 0.266 e. The zero-order chi connectivity index (χ0) is 11.7. The summed E-state index contributed by atoms with van der Waals surface area (Å²) in [7, 11) is 0. The topological polar surface area (TPSA) is 59.2 Å². The van der Waals surface area contributed by atoms with Gasteiger partial charge in [0.25, 0.3) is 5.91 Å². The number of nitrogens with zero attached hydrogens (tertiary/aromatic N) is 2. The van der Waals surface area contributed by atoms with Crippen LogP contribution in [-0.2, 0) is 0 Å². The summed E-state index contributed by atoms with van der Waals surface area (Å²) in [6, 6.07) is -0.0796. The molecule has 1 saturated heterocycles. The van der Waals surface area contributed by atoms with Crippen LogP contribution in [0.25, 0.3) is 0 Å². The van der Waals surface area contributed by atoms with E-state index in [0.717, 1.165) is 25.1 Å². The van der Waals surface area contributed by atoms with Gasteiger partial charge < -0.3 is 10.6 Å². The van der Waals surface area contributed by atoms with Gasteiger partial charge in [0, 0.05) is 6.54 Å². The Morgan fingerprint density at radius 1 is 1.75 bits per heavy atom. The zero-order valence-corrected chi connectivity index (χ0v) is 10.6. The molecule has 6 heteroatoms. The number of thiocarbonyl (C=S) groups is 1. The smallest absolute Gasteiger partial charge is 0.266 e. The molecule has 0 radical (unpaired) electrons. The van der Waals surface area contributed by atoms with Crippen LogP contribution in [-0.4, -0.2) is 33.4 Å². The van der Waals surface area contributed by atoms with E-state index < -0.39 is 0 Å². The van der Waals surface area contributed by atoms with Crippen molar-refractivity contribution < 1.29 is 4.79 Å². The quantitative estimate of drug-likeness (QED) is 0.810. The van der Waals surface area contributed by atoms with Gasteiger partial charge in [0.2, 0.25) is 0 Å². The largest absolute Gasteiger partial charge is 0.392 e. The molecule has 4 nitrogen and oxygen atoms in total. The van der Waals surface area contributed by atoms with Crippen molar-refractivity contribution in [3.8, 4) is 0 Å². The second kappa shape index (κ2) is 4.47. The van der Waals surface area contributed by atoms with Gasteiger partial charge in [-0.2, -0.15) is 0 Å². The molecule has 0 bridgehead atoms. The molecule has 2 heterocycles. The third-order valence-electron chi connectivity index (χ3n) is 2.78. The van der Waals surface area contributed by atoms with E-state index in [2.05, 4.69) is 4.98 Å². The molecule has 1 fully saturated rings. The summed E-state index contributed by atoms with van der Waals surface area (Å²) in [4.78, 5) is 19.2. The van der Waals surface area contributed by atoms with Crippen molar-refractivity contribution in [2.24, 2.45) is 5.73 Å². The second-order valence-electron chi connectivity index (χ2n) is 3.83. The average molecular weight is 255 g/mol. The molecule has 0 aromatic carbocycles. The number of carbonyl (C=O) groups excluding carboxylic acids is 1. The van der Waals surface area contributed by atoms with Crippen LogP contribution in [0.1, 0.15) is 28.2 Å². The van der Waals surface area contributed by atoms with Gasteiger partial charge in [0.1, 0.15) is 4.88 Å². The first-order valence-electron chi connectivity index (χ1n) is 5.11. The first-order valence-corrected chi connectivity index (χ1v) is 6.40. The molecule has 2 N–H and O–H groups in total. The average Bonchev–Trinajstić information content (AvgIpc) is 2.84. The van der Waals surface area contributed by atoms with Crippen molar-refractivity contribution in [3.05, 3.63) is 16.1 Å². The number of aryl methyl sites for hydroxylation is 1. The molecule has 86 valence electrons. The summed E-state index contributed by atoms with van der Waals surface area (Å²) in [5.41, 5.74) is 8.11. The number of amides is 1. The Balaban J connectivity index is 2.22. The maximum absolute atomic E-state index is 12.2. The lowest BCUT2D eigenvalue weighted by Gasteiger charge is -2.23. The summed E-state index contributed by atoms with van der Waals surface area (Å²) in [5.74, 6) is 0.00954. The second-order valence-corrected chi connectivity index (χ2v) is 5.15. The Labute approximate surface area is 103 Å². The SMILES string of the molecule is Cc1ncsc1C(=O)N1CCCC1C(N)=S. The number of thiazole rings is 1. The molecule has 1 aromatic heterocycles. The number of rotatable bonds is 2. The number of aromatic nitrogens is 1. The van der Waals surface area contributed by atoms with Gasteiger partial charge in [-0.1, -0.05) is 12.2 Å². The predicted molar refractivity (Wildman–Crippen MR) is 67.7 cm³/mol. The minimum atomic E-state index is -0.0796. The monoisotopic (exact) mass is 255 g/mol. The number of carbonyl (C=O) groups is 1. The molecule has 1 aliphatic rings. The summed E-state index contributed by atoms with van der Waals surface area (Å²) < 4.78 is 0. The molecule has 0 aliphatic carbocycles. The standard InChI is InChI=1S/C10H13N3OS2/c1-6-8(16-5-12-6)10(14)13-4-2-3-7(13)9(11)15/h5,7H,2-4H2,1H3,(H2,11,15). The van der Waals surface area contributed by atoms with Gasteiger partial charge >= 0.3 is 0 Å². The lowest BCUT2D eigenvalue weighted by molar-refractivity contribution is 0.0774. The van der Waals surface area contributed by atoms with E-state index >= 15 is 0 Å². The van der Waals surface area contributed by atoms with E-state index in [-0.39, 0.29) is 11.9 Å².